The van der Waals surface area contributed by atoms with E-state index < -0.39 is 0 Å². The van der Waals surface area contributed by atoms with Gasteiger partial charge >= 0.3 is 0 Å². The van der Waals surface area contributed by atoms with E-state index in [1.165, 1.54) is 43.9 Å². The second-order valence-electron chi connectivity index (χ2n) is 6.30. The Balaban J connectivity index is 1.54. The van der Waals surface area contributed by atoms with Crippen molar-refractivity contribution in [3.8, 4) is 0 Å². The molecule has 1 aliphatic rings. The van der Waals surface area contributed by atoms with Gasteiger partial charge in [-0.2, -0.15) is 0 Å². The smallest absolute Gasteiger partial charge is 0.134 e. The van der Waals surface area contributed by atoms with Crippen molar-refractivity contribution in [3.05, 3.63) is 34.5 Å². The first-order valence-electron chi connectivity index (χ1n) is 8.15. The number of hydrogen-bond acceptors (Lipinski definition) is 2. The van der Waals surface area contributed by atoms with Crippen LogP contribution in [0, 0.1) is 5.92 Å². The van der Waals surface area contributed by atoms with E-state index in [1.807, 2.05) is 12.1 Å². The van der Waals surface area contributed by atoms with E-state index in [0.717, 1.165) is 28.3 Å². The maximum Gasteiger partial charge on any atom is 0.134 e. The third-order valence-corrected chi connectivity index (χ3v) is 5.15. The van der Waals surface area contributed by atoms with E-state index in [9.17, 15) is 0 Å². The van der Waals surface area contributed by atoms with Crippen LogP contribution < -0.4 is 5.32 Å². The zero-order chi connectivity index (χ0) is 14.7. The van der Waals surface area contributed by atoms with Crippen LogP contribution in [0.25, 0.3) is 11.0 Å². The summed E-state index contributed by atoms with van der Waals surface area (Å²) in [6.07, 6.45) is 8.45. The Morgan fingerprint density at radius 2 is 2.05 bits per heavy atom. The molecule has 0 spiro atoms. The summed E-state index contributed by atoms with van der Waals surface area (Å²) in [5, 5.41) is 4.78. The van der Waals surface area contributed by atoms with Gasteiger partial charge in [-0.05, 0) is 50.1 Å². The van der Waals surface area contributed by atoms with Gasteiger partial charge in [0.25, 0.3) is 0 Å². The topological polar surface area (TPSA) is 25.2 Å². The number of benzene rings is 1. The van der Waals surface area contributed by atoms with Gasteiger partial charge in [-0.1, -0.05) is 48.0 Å². The lowest BCUT2D eigenvalue weighted by molar-refractivity contribution is 0.325. The van der Waals surface area contributed by atoms with Gasteiger partial charge in [0.15, 0.2) is 0 Å². The van der Waals surface area contributed by atoms with Gasteiger partial charge in [-0.3, -0.25) is 0 Å². The van der Waals surface area contributed by atoms with Crippen molar-refractivity contribution in [1.82, 2.24) is 5.32 Å². The number of nitrogens with one attached hydrogen (secondary N) is 1. The lowest BCUT2D eigenvalue weighted by Crippen LogP contribution is -2.22. The Kier molecular flexibility index (Phi) is 5.02. The number of furan rings is 1. The van der Waals surface area contributed by atoms with E-state index >= 15 is 0 Å². The number of rotatable bonds is 5. The van der Waals surface area contributed by atoms with E-state index in [0.29, 0.717) is 0 Å². The van der Waals surface area contributed by atoms with Crippen LogP contribution in [0.4, 0.5) is 0 Å². The van der Waals surface area contributed by atoms with E-state index in [1.54, 1.807) is 0 Å². The maximum absolute atomic E-state index is 5.94. The van der Waals surface area contributed by atoms with Gasteiger partial charge in [-0.15, -0.1) is 0 Å². The molecule has 0 radical (unpaired) electrons. The molecule has 1 aliphatic carbocycles. The van der Waals surface area contributed by atoms with Gasteiger partial charge in [0.05, 0.1) is 6.04 Å². The van der Waals surface area contributed by atoms with Crippen molar-refractivity contribution < 1.29 is 4.42 Å². The third-order valence-electron chi connectivity index (χ3n) is 4.65. The first-order chi connectivity index (χ1) is 10.2. The third kappa shape index (κ3) is 3.89. The average molecular weight is 350 g/mol. The van der Waals surface area contributed by atoms with Gasteiger partial charge in [0, 0.05) is 9.86 Å². The normalized spacial score (nSPS) is 18.2. The molecule has 1 unspecified atom stereocenters. The second-order valence-corrected chi connectivity index (χ2v) is 7.22. The average Bonchev–Trinajstić information content (AvgIpc) is 2.91. The number of fused-ring (bicyclic) bond motifs is 1. The molecule has 1 aromatic heterocycles. The lowest BCUT2D eigenvalue weighted by atomic mass is 9.87. The predicted octanol–water partition coefficient (Wildman–Crippen LogP) is 5.82. The fraction of sp³-hybridized carbons (Fsp3) is 0.556. The zero-order valence-electron chi connectivity index (χ0n) is 12.7. The largest absolute Gasteiger partial charge is 0.459 e. The van der Waals surface area contributed by atoms with Crippen LogP contribution in [0.2, 0.25) is 0 Å². The molecule has 1 N–H and O–H groups in total. The highest BCUT2D eigenvalue weighted by Crippen LogP contribution is 2.28. The van der Waals surface area contributed by atoms with E-state index in [-0.39, 0.29) is 6.04 Å². The number of halogens is 1. The molecule has 0 aliphatic heterocycles. The van der Waals surface area contributed by atoms with E-state index in [4.69, 9.17) is 4.42 Å². The highest BCUT2D eigenvalue weighted by Gasteiger charge is 2.15. The van der Waals surface area contributed by atoms with Crippen molar-refractivity contribution in [3.63, 3.8) is 0 Å². The fourth-order valence-electron chi connectivity index (χ4n) is 3.33. The van der Waals surface area contributed by atoms with Crippen molar-refractivity contribution in [2.75, 3.05) is 6.54 Å². The van der Waals surface area contributed by atoms with Gasteiger partial charge < -0.3 is 9.73 Å². The molecule has 1 saturated carbocycles. The summed E-state index contributed by atoms with van der Waals surface area (Å²) < 4.78 is 7.04. The molecular formula is C18H24BrNO. The maximum atomic E-state index is 5.94. The van der Waals surface area contributed by atoms with Crippen LogP contribution in [-0.2, 0) is 0 Å². The van der Waals surface area contributed by atoms with E-state index in [2.05, 4.69) is 40.3 Å². The Morgan fingerprint density at radius 3 is 2.86 bits per heavy atom. The molecule has 1 heterocycles. The summed E-state index contributed by atoms with van der Waals surface area (Å²) in [5.41, 5.74) is 0.967. The van der Waals surface area contributed by atoms with Crippen LogP contribution in [0.3, 0.4) is 0 Å². The molecule has 114 valence electrons. The monoisotopic (exact) mass is 349 g/mol. The summed E-state index contributed by atoms with van der Waals surface area (Å²) in [6, 6.07) is 8.59. The number of hydrogen-bond donors (Lipinski definition) is 1. The molecule has 3 rings (SSSR count). The van der Waals surface area contributed by atoms with Crippen molar-refractivity contribution >= 4 is 26.9 Å². The molecule has 1 atom stereocenters. The Hall–Kier alpha value is -0.800. The molecule has 2 nitrogen and oxygen atoms in total. The summed E-state index contributed by atoms with van der Waals surface area (Å²) in [4.78, 5) is 0. The molecule has 1 aromatic carbocycles. The molecule has 3 heteroatoms. The minimum Gasteiger partial charge on any atom is -0.459 e. The Labute approximate surface area is 135 Å². The minimum atomic E-state index is 0.278. The molecule has 0 bridgehead atoms. The molecule has 1 fully saturated rings. The van der Waals surface area contributed by atoms with Crippen molar-refractivity contribution in [2.45, 2.75) is 51.5 Å². The standard InChI is InChI=1S/C18H24BrNO/c1-13(20-10-9-14-5-3-2-4-6-14)18-12-15-11-16(19)7-8-17(15)21-18/h7-8,11-14,20H,2-6,9-10H2,1H3. The molecule has 21 heavy (non-hydrogen) atoms. The highest BCUT2D eigenvalue weighted by molar-refractivity contribution is 9.10. The summed E-state index contributed by atoms with van der Waals surface area (Å²) in [7, 11) is 0. The van der Waals surface area contributed by atoms with Crippen LogP contribution in [-0.4, -0.2) is 6.54 Å². The first kappa shape index (κ1) is 15.1. The molecular weight excluding hydrogens is 326 g/mol. The SMILES string of the molecule is CC(NCCC1CCCCC1)c1cc2cc(Br)ccc2o1. The van der Waals surface area contributed by atoms with Gasteiger partial charge in [0.1, 0.15) is 11.3 Å². The minimum absolute atomic E-state index is 0.278. The first-order valence-corrected chi connectivity index (χ1v) is 8.94. The van der Waals surface area contributed by atoms with Gasteiger partial charge in [0.2, 0.25) is 0 Å². The summed E-state index contributed by atoms with van der Waals surface area (Å²) >= 11 is 3.51. The quantitative estimate of drug-likeness (QED) is 0.735. The highest BCUT2D eigenvalue weighted by atomic mass is 79.9. The van der Waals surface area contributed by atoms with Crippen LogP contribution >= 0.6 is 15.9 Å². The van der Waals surface area contributed by atoms with Gasteiger partial charge in [-0.25, -0.2) is 0 Å². The lowest BCUT2D eigenvalue weighted by Gasteiger charge is -2.22. The zero-order valence-corrected chi connectivity index (χ0v) is 14.3. The summed E-state index contributed by atoms with van der Waals surface area (Å²) in [6.45, 7) is 3.28. The Morgan fingerprint density at radius 1 is 1.24 bits per heavy atom. The Bertz CT molecular complexity index is 586. The predicted molar refractivity (Wildman–Crippen MR) is 91.5 cm³/mol. The molecule has 0 saturated heterocycles. The molecule has 0 amide bonds. The summed E-state index contributed by atoms with van der Waals surface area (Å²) in [5.74, 6) is 1.97. The van der Waals surface area contributed by atoms with Crippen LogP contribution in [0.15, 0.2) is 33.2 Å². The van der Waals surface area contributed by atoms with Crippen LogP contribution in [0.1, 0.15) is 57.3 Å². The van der Waals surface area contributed by atoms with Crippen molar-refractivity contribution in [2.24, 2.45) is 5.92 Å². The second kappa shape index (κ2) is 6.97. The van der Waals surface area contributed by atoms with Crippen LogP contribution in [0.5, 0.6) is 0 Å². The van der Waals surface area contributed by atoms with Crippen molar-refractivity contribution in [1.29, 1.82) is 0 Å². The fourth-order valence-corrected chi connectivity index (χ4v) is 3.71. The molecule has 2 aromatic rings.